The second kappa shape index (κ2) is 5.90. The molecule has 1 aliphatic carbocycles. The highest BCUT2D eigenvalue weighted by molar-refractivity contribution is 8.00. The Morgan fingerprint density at radius 2 is 2.30 bits per heavy atom. The van der Waals surface area contributed by atoms with Crippen molar-refractivity contribution in [3.63, 3.8) is 0 Å². The number of aryl methyl sites for hydroxylation is 1. The van der Waals surface area contributed by atoms with E-state index in [2.05, 4.69) is 31.2 Å². The Hall–Kier alpha value is -0.800. The third-order valence-corrected chi connectivity index (χ3v) is 5.60. The van der Waals surface area contributed by atoms with E-state index in [1.165, 1.54) is 16.9 Å². The first-order valence-electron chi connectivity index (χ1n) is 7.53. The van der Waals surface area contributed by atoms with Crippen LogP contribution in [0.15, 0.2) is 29.2 Å². The van der Waals surface area contributed by atoms with E-state index < -0.39 is 0 Å². The highest BCUT2D eigenvalue weighted by Crippen LogP contribution is 2.44. The topological polar surface area (TPSA) is 26.3 Å². The van der Waals surface area contributed by atoms with Crippen LogP contribution in [0.5, 0.6) is 0 Å². The molecule has 3 heteroatoms. The molecular weight excluding hydrogens is 268 g/mol. The first kappa shape index (κ1) is 14.2. The molecule has 1 unspecified atom stereocenters. The summed E-state index contributed by atoms with van der Waals surface area (Å²) in [4.78, 5) is 13.6. The fourth-order valence-electron chi connectivity index (χ4n) is 3.20. The zero-order valence-corrected chi connectivity index (χ0v) is 12.9. The second-order valence-electron chi connectivity index (χ2n) is 6.15. The highest BCUT2D eigenvalue weighted by Gasteiger charge is 2.44. The first-order chi connectivity index (χ1) is 9.67. The number of hydrogen-bond acceptors (Lipinski definition) is 3. The molecule has 1 atom stereocenters. The van der Waals surface area contributed by atoms with Crippen LogP contribution < -0.4 is 0 Å². The number of hydrogen-bond donors (Lipinski definition) is 0. The van der Waals surface area contributed by atoms with Gasteiger partial charge in [-0.25, -0.2) is 0 Å². The van der Waals surface area contributed by atoms with Gasteiger partial charge in [0.15, 0.2) is 0 Å². The largest absolute Gasteiger partial charge is 0.375 e. The lowest BCUT2D eigenvalue weighted by Crippen LogP contribution is -2.47. The van der Waals surface area contributed by atoms with Crippen LogP contribution in [-0.4, -0.2) is 23.7 Å². The van der Waals surface area contributed by atoms with Crippen molar-refractivity contribution < 1.29 is 9.53 Å². The molecule has 0 aromatic heterocycles. The second-order valence-corrected chi connectivity index (χ2v) is 7.20. The van der Waals surface area contributed by atoms with E-state index in [1.807, 2.05) is 0 Å². The molecule has 1 saturated heterocycles. The molecule has 0 amide bonds. The molecule has 1 aromatic carbocycles. The summed E-state index contributed by atoms with van der Waals surface area (Å²) in [5.41, 5.74) is 1.33. The SMILES string of the molecule is Cc1cccc(SCC(=O)C2CCOC3(CCC3)C2)c1. The van der Waals surface area contributed by atoms with Crippen molar-refractivity contribution in [2.45, 2.75) is 49.5 Å². The van der Waals surface area contributed by atoms with E-state index in [0.29, 0.717) is 11.5 Å². The molecular formula is C17H22O2S. The minimum absolute atomic E-state index is 0.0760. The molecule has 1 aliphatic heterocycles. The Bertz CT molecular complexity index is 494. The van der Waals surface area contributed by atoms with Crippen molar-refractivity contribution in [1.82, 2.24) is 0 Å². The highest BCUT2D eigenvalue weighted by atomic mass is 32.2. The fraction of sp³-hybridized carbons (Fsp3) is 0.588. The van der Waals surface area contributed by atoms with Gasteiger partial charge in [-0.05, 0) is 51.2 Å². The smallest absolute Gasteiger partial charge is 0.146 e. The molecule has 2 nitrogen and oxygen atoms in total. The number of benzene rings is 1. The summed E-state index contributed by atoms with van der Waals surface area (Å²) in [6.07, 6.45) is 5.44. The van der Waals surface area contributed by atoms with E-state index in [-0.39, 0.29) is 11.5 Å². The lowest BCUT2D eigenvalue weighted by Gasteiger charge is -2.46. The monoisotopic (exact) mass is 290 g/mol. The van der Waals surface area contributed by atoms with Crippen molar-refractivity contribution >= 4 is 17.5 Å². The Morgan fingerprint density at radius 3 is 3.00 bits per heavy atom. The predicted octanol–water partition coefficient (Wildman–Crippen LogP) is 4.01. The van der Waals surface area contributed by atoms with Crippen molar-refractivity contribution in [2.24, 2.45) is 5.92 Å². The molecule has 2 aliphatic rings. The summed E-state index contributed by atoms with van der Waals surface area (Å²) >= 11 is 1.67. The van der Waals surface area contributed by atoms with Crippen molar-refractivity contribution in [2.75, 3.05) is 12.4 Å². The van der Waals surface area contributed by atoms with Gasteiger partial charge >= 0.3 is 0 Å². The average molecular weight is 290 g/mol. The van der Waals surface area contributed by atoms with Crippen LogP contribution in [0.4, 0.5) is 0 Å². The van der Waals surface area contributed by atoms with Gasteiger partial charge in [0, 0.05) is 17.4 Å². The molecule has 2 fully saturated rings. The van der Waals surface area contributed by atoms with Crippen molar-refractivity contribution in [3.8, 4) is 0 Å². The van der Waals surface area contributed by atoms with Crippen LogP contribution in [0.25, 0.3) is 0 Å². The van der Waals surface area contributed by atoms with Gasteiger partial charge in [-0.15, -0.1) is 11.8 Å². The predicted molar refractivity (Wildman–Crippen MR) is 82.2 cm³/mol. The Kier molecular flexibility index (Phi) is 4.18. The van der Waals surface area contributed by atoms with Gasteiger partial charge in [-0.3, -0.25) is 4.79 Å². The molecule has 108 valence electrons. The molecule has 1 heterocycles. The van der Waals surface area contributed by atoms with E-state index in [9.17, 15) is 4.79 Å². The lowest BCUT2D eigenvalue weighted by molar-refractivity contribution is -0.154. The van der Waals surface area contributed by atoms with Gasteiger partial charge in [0.1, 0.15) is 5.78 Å². The fourth-order valence-corrected chi connectivity index (χ4v) is 4.19. The van der Waals surface area contributed by atoms with Gasteiger partial charge in [0.25, 0.3) is 0 Å². The number of carbonyl (C=O) groups excluding carboxylic acids is 1. The molecule has 3 rings (SSSR count). The zero-order valence-electron chi connectivity index (χ0n) is 12.1. The Morgan fingerprint density at radius 1 is 1.45 bits per heavy atom. The first-order valence-corrected chi connectivity index (χ1v) is 8.52. The molecule has 20 heavy (non-hydrogen) atoms. The normalized spacial score (nSPS) is 24.4. The lowest BCUT2D eigenvalue weighted by atomic mass is 9.71. The summed E-state index contributed by atoms with van der Waals surface area (Å²) in [6, 6.07) is 8.38. The van der Waals surface area contributed by atoms with Crippen LogP contribution in [0.1, 0.15) is 37.7 Å². The number of ketones is 1. The van der Waals surface area contributed by atoms with Gasteiger partial charge in [-0.1, -0.05) is 17.7 Å². The summed E-state index contributed by atoms with van der Waals surface area (Å²) in [5.74, 6) is 1.23. The van der Waals surface area contributed by atoms with Crippen LogP contribution in [0, 0.1) is 12.8 Å². The molecule has 0 bridgehead atoms. The quantitative estimate of drug-likeness (QED) is 0.784. The molecule has 0 N–H and O–H groups in total. The van der Waals surface area contributed by atoms with Crippen LogP contribution in [0.2, 0.25) is 0 Å². The summed E-state index contributed by atoms with van der Waals surface area (Å²) in [5, 5.41) is 0. The maximum Gasteiger partial charge on any atom is 0.146 e. The summed E-state index contributed by atoms with van der Waals surface area (Å²) in [6.45, 7) is 2.86. The average Bonchev–Trinajstić information content (AvgIpc) is 2.43. The summed E-state index contributed by atoms with van der Waals surface area (Å²) in [7, 11) is 0. The van der Waals surface area contributed by atoms with Crippen molar-refractivity contribution in [3.05, 3.63) is 29.8 Å². The zero-order chi connectivity index (χ0) is 14.0. The van der Waals surface area contributed by atoms with Gasteiger partial charge in [-0.2, -0.15) is 0 Å². The van der Waals surface area contributed by atoms with Crippen LogP contribution in [-0.2, 0) is 9.53 Å². The summed E-state index contributed by atoms with van der Waals surface area (Å²) < 4.78 is 5.90. The number of thioether (sulfide) groups is 1. The molecule has 0 radical (unpaired) electrons. The number of Topliss-reactive ketones (excluding diaryl/α,β-unsaturated/α-hetero) is 1. The molecule has 1 saturated carbocycles. The minimum Gasteiger partial charge on any atom is -0.375 e. The van der Waals surface area contributed by atoms with E-state index in [4.69, 9.17) is 4.74 Å². The number of carbonyl (C=O) groups is 1. The molecule has 1 spiro atoms. The van der Waals surface area contributed by atoms with Gasteiger partial charge in [0.05, 0.1) is 11.4 Å². The third-order valence-electron chi connectivity index (χ3n) is 4.58. The standard InChI is InChI=1S/C17H22O2S/c1-13-4-2-5-15(10-13)20-12-16(18)14-6-9-19-17(11-14)7-3-8-17/h2,4-5,10,14H,3,6-9,11-12H2,1H3. The molecule has 1 aromatic rings. The van der Waals surface area contributed by atoms with Crippen molar-refractivity contribution in [1.29, 1.82) is 0 Å². The number of ether oxygens (including phenoxy) is 1. The van der Waals surface area contributed by atoms with Crippen LogP contribution in [0.3, 0.4) is 0 Å². The van der Waals surface area contributed by atoms with Crippen LogP contribution >= 0.6 is 11.8 Å². The number of rotatable bonds is 4. The maximum atomic E-state index is 12.4. The van der Waals surface area contributed by atoms with Gasteiger partial charge in [0.2, 0.25) is 0 Å². The third kappa shape index (κ3) is 3.09. The van der Waals surface area contributed by atoms with E-state index in [1.54, 1.807) is 11.8 Å². The van der Waals surface area contributed by atoms with E-state index in [0.717, 1.165) is 32.3 Å². The minimum atomic E-state index is 0.0760. The maximum absolute atomic E-state index is 12.4. The Labute approximate surface area is 125 Å². The van der Waals surface area contributed by atoms with Gasteiger partial charge < -0.3 is 4.74 Å². The Balaban J connectivity index is 1.54. The van der Waals surface area contributed by atoms with E-state index >= 15 is 0 Å².